The highest BCUT2D eigenvalue weighted by atomic mass is 35.5. The van der Waals surface area contributed by atoms with Crippen molar-refractivity contribution in [2.24, 2.45) is 0 Å². The molecule has 0 unspecified atom stereocenters. The molecule has 1 aromatic carbocycles. The predicted octanol–water partition coefficient (Wildman–Crippen LogP) is 2.87. The highest BCUT2D eigenvalue weighted by Crippen LogP contribution is 2.23. The maximum absolute atomic E-state index is 10.5. The Morgan fingerprint density at radius 2 is 2.31 bits per heavy atom. The van der Waals surface area contributed by atoms with E-state index in [0.29, 0.717) is 5.02 Å². The molecule has 86 valence electrons. The average molecular weight is 241 g/mol. The van der Waals surface area contributed by atoms with Crippen LogP contribution >= 0.6 is 11.6 Å². The number of halogens is 1. The molecule has 0 aromatic heterocycles. The summed E-state index contributed by atoms with van der Waals surface area (Å²) >= 11 is 5.91. The molecule has 0 aliphatic rings. The molecule has 0 fully saturated rings. The number of nitrogens with zero attached hydrogens (tertiary/aromatic N) is 1. The summed E-state index contributed by atoms with van der Waals surface area (Å²) in [5.74, 6) is 0. The first-order valence-electron chi connectivity index (χ1n) is 4.90. The monoisotopic (exact) mass is 240 g/mol. The van der Waals surface area contributed by atoms with E-state index < -0.39 is 4.92 Å². The van der Waals surface area contributed by atoms with Crippen LogP contribution in [0.2, 0.25) is 5.02 Å². The van der Waals surface area contributed by atoms with Gasteiger partial charge in [0.2, 0.25) is 0 Å². The Morgan fingerprint density at radius 1 is 1.56 bits per heavy atom. The van der Waals surface area contributed by atoms with E-state index in [1.807, 2.05) is 19.2 Å². The van der Waals surface area contributed by atoms with Crippen molar-refractivity contribution in [2.45, 2.75) is 6.42 Å². The second-order valence-electron chi connectivity index (χ2n) is 3.26. The summed E-state index contributed by atoms with van der Waals surface area (Å²) in [4.78, 5) is 10.0. The van der Waals surface area contributed by atoms with Crippen LogP contribution in [0.25, 0.3) is 6.08 Å². The van der Waals surface area contributed by atoms with Crippen LogP contribution in [-0.2, 0) is 0 Å². The molecule has 0 heterocycles. The number of nitro groups is 1. The normalized spacial score (nSPS) is 10.9. The zero-order valence-corrected chi connectivity index (χ0v) is 9.70. The maximum atomic E-state index is 10.5. The van der Waals surface area contributed by atoms with Gasteiger partial charge in [0.25, 0.3) is 5.69 Å². The third kappa shape index (κ3) is 3.64. The zero-order valence-electron chi connectivity index (χ0n) is 8.94. The lowest BCUT2D eigenvalue weighted by Gasteiger charge is -1.98. The lowest BCUT2D eigenvalue weighted by molar-refractivity contribution is -0.384. The van der Waals surface area contributed by atoms with Crippen LogP contribution in [0.1, 0.15) is 12.0 Å². The smallest absolute Gasteiger partial charge is 0.270 e. The molecule has 0 saturated heterocycles. The van der Waals surface area contributed by atoms with Gasteiger partial charge in [-0.3, -0.25) is 10.1 Å². The first-order valence-corrected chi connectivity index (χ1v) is 5.28. The van der Waals surface area contributed by atoms with E-state index in [9.17, 15) is 10.1 Å². The van der Waals surface area contributed by atoms with Crippen LogP contribution in [-0.4, -0.2) is 18.5 Å². The summed E-state index contributed by atoms with van der Waals surface area (Å²) in [6.45, 7) is 0.890. The number of hydrogen-bond acceptors (Lipinski definition) is 3. The van der Waals surface area contributed by atoms with Gasteiger partial charge in [-0.2, -0.15) is 0 Å². The molecule has 4 nitrogen and oxygen atoms in total. The van der Waals surface area contributed by atoms with E-state index in [1.54, 1.807) is 6.07 Å². The quantitative estimate of drug-likeness (QED) is 0.489. The third-order valence-corrected chi connectivity index (χ3v) is 2.38. The fourth-order valence-corrected chi connectivity index (χ4v) is 1.44. The van der Waals surface area contributed by atoms with Crippen molar-refractivity contribution in [3.8, 4) is 0 Å². The van der Waals surface area contributed by atoms with E-state index in [1.165, 1.54) is 12.1 Å². The van der Waals surface area contributed by atoms with Crippen LogP contribution in [0.3, 0.4) is 0 Å². The number of benzene rings is 1. The Bertz CT molecular complexity index is 405. The number of rotatable bonds is 5. The second-order valence-corrected chi connectivity index (χ2v) is 3.66. The van der Waals surface area contributed by atoms with Gasteiger partial charge in [-0.1, -0.05) is 23.8 Å². The van der Waals surface area contributed by atoms with E-state index in [0.717, 1.165) is 18.5 Å². The Morgan fingerprint density at radius 3 is 2.88 bits per heavy atom. The molecule has 0 saturated carbocycles. The van der Waals surface area contributed by atoms with Crippen LogP contribution in [0.5, 0.6) is 0 Å². The van der Waals surface area contributed by atoms with Crippen LogP contribution in [0, 0.1) is 10.1 Å². The molecule has 0 radical (unpaired) electrons. The number of non-ortho nitro benzene ring substituents is 1. The molecule has 0 spiro atoms. The van der Waals surface area contributed by atoms with E-state index in [4.69, 9.17) is 11.6 Å². The minimum absolute atomic E-state index is 0.0115. The highest BCUT2D eigenvalue weighted by molar-refractivity contribution is 6.32. The molecule has 16 heavy (non-hydrogen) atoms. The first-order chi connectivity index (χ1) is 7.65. The van der Waals surface area contributed by atoms with Gasteiger partial charge in [0.05, 0.1) is 9.95 Å². The number of nitro benzene ring substituents is 1. The summed E-state index contributed by atoms with van der Waals surface area (Å²) < 4.78 is 0. The van der Waals surface area contributed by atoms with Crippen molar-refractivity contribution in [3.05, 3.63) is 45.0 Å². The van der Waals surface area contributed by atoms with Crippen LogP contribution in [0.15, 0.2) is 24.3 Å². The topological polar surface area (TPSA) is 55.2 Å². The van der Waals surface area contributed by atoms with Gasteiger partial charge in [0, 0.05) is 12.1 Å². The van der Waals surface area contributed by atoms with Gasteiger partial charge in [-0.25, -0.2) is 0 Å². The lowest BCUT2D eigenvalue weighted by atomic mass is 10.2. The Balaban J connectivity index is 2.75. The standard InChI is InChI=1S/C11H13ClN2O2/c1-13-7-3-2-4-9-5-6-10(14(15)16)8-11(9)12/h2,4-6,8,13H,3,7H2,1H3. The average Bonchev–Trinajstić information content (AvgIpc) is 2.26. The van der Waals surface area contributed by atoms with Gasteiger partial charge in [0.1, 0.15) is 0 Å². The Kier molecular flexibility index (Phi) is 4.95. The minimum atomic E-state index is -0.458. The summed E-state index contributed by atoms with van der Waals surface area (Å²) in [5.41, 5.74) is 0.806. The van der Waals surface area contributed by atoms with Crippen molar-refractivity contribution < 1.29 is 4.92 Å². The summed E-state index contributed by atoms with van der Waals surface area (Å²) in [6, 6.07) is 4.46. The van der Waals surface area contributed by atoms with Gasteiger partial charge in [-0.05, 0) is 31.6 Å². The van der Waals surface area contributed by atoms with Gasteiger partial charge >= 0.3 is 0 Å². The first kappa shape index (κ1) is 12.7. The highest BCUT2D eigenvalue weighted by Gasteiger charge is 2.07. The largest absolute Gasteiger partial charge is 0.319 e. The number of nitrogens with one attached hydrogen (secondary N) is 1. The van der Waals surface area contributed by atoms with Crippen LogP contribution in [0.4, 0.5) is 5.69 Å². The molecule has 0 amide bonds. The molecular weight excluding hydrogens is 228 g/mol. The van der Waals surface area contributed by atoms with Crippen LogP contribution < -0.4 is 5.32 Å². The lowest BCUT2D eigenvalue weighted by Crippen LogP contribution is -2.05. The molecule has 0 bridgehead atoms. The molecule has 0 aliphatic carbocycles. The second kappa shape index (κ2) is 6.25. The minimum Gasteiger partial charge on any atom is -0.319 e. The maximum Gasteiger partial charge on any atom is 0.270 e. The fraction of sp³-hybridized carbons (Fsp3) is 0.273. The van der Waals surface area contributed by atoms with Crippen molar-refractivity contribution in [3.63, 3.8) is 0 Å². The van der Waals surface area contributed by atoms with E-state index in [2.05, 4.69) is 5.32 Å². The van der Waals surface area contributed by atoms with Crippen molar-refractivity contribution in [1.82, 2.24) is 5.32 Å². The molecule has 1 rings (SSSR count). The van der Waals surface area contributed by atoms with Crippen molar-refractivity contribution >= 4 is 23.4 Å². The fourth-order valence-electron chi connectivity index (χ4n) is 1.20. The van der Waals surface area contributed by atoms with E-state index in [-0.39, 0.29) is 5.69 Å². The summed E-state index contributed by atoms with van der Waals surface area (Å²) in [5, 5.41) is 13.9. The third-order valence-electron chi connectivity index (χ3n) is 2.05. The van der Waals surface area contributed by atoms with Gasteiger partial charge in [-0.15, -0.1) is 0 Å². The van der Waals surface area contributed by atoms with Crippen molar-refractivity contribution in [1.29, 1.82) is 0 Å². The molecular formula is C11H13ClN2O2. The Hall–Kier alpha value is -1.39. The Labute approximate surface area is 99.1 Å². The van der Waals surface area contributed by atoms with Crippen molar-refractivity contribution in [2.75, 3.05) is 13.6 Å². The molecule has 1 N–H and O–H groups in total. The van der Waals surface area contributed by atoms with Gasteiger partial charge in [0.15, 0.2) is 0 Å². The number of hydrogen-bond donors (Lipinski definition) is 1. The predicted molar refractivity (Wildman–Crippen MR) is 65.7 cm³/mol. The zero-order chi connectivity index (χ0) is 12.0. The molecule has 0 atom stereocenters. The molecule has 1 aromatic rings. The molecule has 5 heteroatoms. The van der Waals surface area contributed by atoms with Gasteiger partial charge < -0.3 is 5.32 Å². The SMILES string of the molecule is CNCCC=Cc1ccc([N+](=O)[O-])cc1Cl. The molecule has 0 aliphatic heterocycles. The summed E-state index contributed by atoms with van der Waals surface area (Å²) in [6.07, 6.45) is 4.73. The van der Waals surface area contributed by atoms with E-state index >= 15 is 0 Å². The summed E-state index contributed by atoms with van der Waals surface area (Å²) in [7, 11) is 1.88.